The molecule has 0 aliphatic rings. The number of carboxylic acid groups (broad SMARTS) is 1. The Morgan fingerprint density at radius 3 is 2.06 bits per heavy atom. The predicted molar refractivity (Wildman–Crippen MR) is 68.2 cm³/mol. The molecule has 2 heteroatoms. The van der Waals surface area contributed by atoms with Gasteiger partial charge in [-0.2, -0.15) is 0 Å². The number of aliphatic carboxylic acids is 1. The molecule has 0 saturated carbocycles. The lowest BCUT2D eigenvalue weighted by Gasteiger charge is -1.83. The van der Waals surface area contributed by atoms with E-state index in [1.165, 1.54) is 6.08 Å². The molecule has 0 fully saturated rings. The summed E-state index contributed by atoms with van der Waals surface area (Å²) in [4.78, 5) is 10.1. The van der Waals surface area contributed by atoms with Crippen LogP contribution in [-0.4, -0.2) is 11.1 Å². The Labute approximate surface area is 97.0 Å². The molecular weight excluding hydrogens is 200 g/mol. The van der Waals surface area contributed by atoms with Gasteiger partial charge in [0.15, 0.2) is 0 Å². The third kappa shape index (κ3) is 12.2. The van der Waals surface area contributed by atoms with Gasteiger partial charge in [-0.05, 0) is 19.8 Å². The third-order valence-electron chi connectivity index (χ3n) is 1.65. The second kappa shape index (κ2) is 11.2. The maximum absolute atomic E-state index is 10.1. The van der Waals surface area contributed by atoms with E-state index in [0.717, 1.165) is 18.9 Å². The van der Waals surface area contributed by atoms with Gasteiger partial charge in [-0.15, -0.1) is 0 Å². The summed E-state index contributed by atoms with van der Waals surface area (Å²) in [6.45, 7) is 1.98. The van der Waals surface area contributed by atoms with Crippen LogP contribution in [0.2, 0.25) is 0 Å². The molecule has 2 nitrogen and oxygen atoms in total. The lowest BCUT2D eigenvalue weighted by atomic mass is 10.2. The fourth-order valence-corrected chi connectivity index (χ4v) is 0.919. The highest BCUT2D eigenvalue weighted by Crippen LogP contribution is 1.94. The SMILES string of the molecule is C/C=C/C=C/C=C\CC/C=C/C=C/C(=O)O. The second-order valence-electron chi connectivity index (χ2n) is 3.04. The molecule has 0 aromatic rings. The molecule has 0 amide bonds. The molecule has 1 N–H and O–H groups in total. The van der Waals surface area contributed by atoms with Gasteiger partial charge in [-0.25, -0.2) is 4.79 Å². The van der Waals surface area contributed by atoms with Crippen molar-refractivity contribution in [3.8, 4) is 0 Å². The first-order valence-electron chi connectivity index (χ1n) is 5.28. The fourth-order valence-electron chi connectivity index (χ4n) is 0.919. The first-order valence-corrected chi connectivity index (χ1v) is 5.28. The highest BCUT2D eigenvalue weighted by atomic mass is 16.4. The van der Waals surface area contributed by atoms with Crippen LogP contribution in [0.1, 0.15) is 19.8 Å². The first kappa shape index (κ1) is 14.2. The molecule has 0 aliphatic carbocycles. The molecule has 0 aromatic heterocycles. The minimum atomic E-state index is -0.918. The Hall–Kier alpha value is -1.83. The van der Waals surface area contributed by atoms with Crippen LogP contribution in [0.15, 0.2) is 60.8 Å². The van der Waals surface area contributed by atoms with E-state index < -0.39 is 5.97 Å². The molecule has 86 valence electrons. The number of rotatable bonds is 7. The monoisotopic (exact) mass is 218 g/mol. The van der Waals surface area contributed by atoms with Crippen LogP contribution in [0.5, 0.6) is 0 Å². The summed E-state index contributed by atoms with van der Waals surface area (Å²) in [7, 11) is 0. The van der Waals surface area contributed by atoms with Crippen LogP contribution < -0.4 is 0 Å². The minimum absolute atomic E-state index is 0.915. The Balaban J connectivity index is 3.56. The Bertz CT molecular complexity index is 318. The summed E-state index contributed by atoms with van der Waals surface area (Å²) >= 11 is 0. The van der Waals surface area contributed by atoms with Gasteiger partial charge in [0.2, 0.25) is 0 Å². The lowest BCUT2D eigenvalue weighted by molar-refractivity contribution is -0.131. The minimum Gasteiger partial charge on any atom is -0.478 e. The predicted octanol–water partition coefficient (Wildman–Crippen LogP) is 3.65. The number of unbranched alkanes of at least 4 members (excludes halogenated alkanes) is 1. The number of hydrogen-bond acceptors (Lipinski definition) is 1. The Morgan fingerprint density at radius 2 is 1.50 bits per heavy atom. The lowest BCUT2D eigenvalue weighted by Crippen LogP contribution is -1.84. The zero-order valence-corrected chi connectivity index (χ0v) is 9.54. The summed E-state index contributed by atoms with van der Waals surface area (Å²) in [6.07, 6.45) is 20.2. The van der Waals surface area contributed by atoms with Gasteiger partial charge in [0.1, 0.15) is 0 Å². The zero-order chi connectivity index (χ0) is 12.1. The van der Waals surface area contributed by atoms with Gasteiger partial charge in [0.25, 0.3) is 0 Å². The van der Waals surface area contributed by atoms with Crippen molar-refractivity contribution in [1.82, 2.24) is 0 Å². The van der Waals surface area contributed by atoms with Gasteiger partial charge in [0.05, 0.1) is 0 Å². The summed E-state index contributed by atoms with van der Waals surface area (Å²) in [6, 6.07) is 0. The second-order valence-corrected chi connectivity index (χ2v) is 3.04. The number of hydrogen-bond donors (Lipinski definition) is 1. The van der Waals surface area contributed by atoms with E-state index in [2.05, 4.69) is 6.08 Å². The fraction of sp³-hybridized carbons (Fsp3) is 0.214. The van der Waals surface area contributed by atoms with Crippen LogP contribution in [0.25, 0.3) is 0 Å². The standard InChI is InChI=1S/C14H18O2/c1-2-3-4-5-6-7-8-9-10-11-12-13-14(15)16/h2-7,10-13H,8-9H2,1H3,(H,15,16)/b3-2+,5-4+,7-6-,11-10+,13-12+. The van der Waals surface area contributed by atoms with Crippen LogP contribution in [-0.2, 0) is 4.79 Å². The van der Waals surface area contributed by atoms with Gasteiger partial charge in [-0.3, -0.25) is 0 Å². The number of allylic oxidation sites excluding steroid dienone is 9. The summed E-state index contributed by atoms with van der Waals surface area (Å²) in [5.41, 5.74) is 0. The van der Waals surface area contributed by atoms with Gasteiger partial charge < -0.3 is 5.11 Å². The molecule has 0 bridgehead atoms. The molecular formula is C14H18O2. The van der Waals surface area contributed by atoms with Crippen molar-refractivity contribution in [3.05, 3.63) is 60.8 Å². The van der Waals surface area contributed by atoms with Crippen LogP contribution in [0.4, 0.5) is 0 Å². The number of carboxylic acids is 1. The molecule has 16 heavy (non-hydrogen) atoms. The highest BCUT2D eigenvalue weighted by molar-refractivity contribution is 5.80. The van der Waals surface area contributed by atoms with Crippen molar-refractivity contribution in [2.24, 2.45) is 0 Å². The molecule has 0 saturated heterocycles. The van der Waals surface area contributed by atoms with Crippen LogP contribution in [0, 0.1) is 0 Å². The Morgan fingerprint density at radius 1 is 0.938 bits per heavy atom. The van der Waals surface area contributed by atoms with E-state index in [1.807, 2.05) is 43.4 Å². The molecule has 0 atom stereocenters. The van der Waals surface area contributed by atoms with Crippen molar-refractivity contribution in [3.63, 3.8) is 0 Å². The van der Waals surface area contributed by atoms with Crippen LogP contribution >= 0.6 is 0 Å². The zero-order valence-electron chi connectivity index (χ0n) is 9.54. The first-order chi connectivity index (χ1) is 7.77. The summed E-state index contributed by atoms with van der Waals surface area (Å²) in [5.74, 6) is -0.918. The summed E-state index contributed by atoms with van der Waals surface area (Å²) in [5, 5.41) is 8.31. The number of carbonyl (C=O) groups is 1. The van der Waals surface area contributed by atoms with Gasteiger partial charge in [-0.1, -0.05) is 54.7 Å². The van der Waals surface area contributed by atoms with E-state index >= 15 is 0 Å². The largest absolute Gasteiger partial charge is 0.478 e. The average Bonchev–Trinajstić information content (AvgIpc) is 2.25. The average molecular weight is 218 g/mol. The van der Waals surface area contributed by atoms with Gasteiger partial charge in [0, 0.05) is 6.08 Å². The van der Waals surface area contributed by atoms with E-state index in [1.54, 1.807) is 6.08 Å². The molecule has 0 spiro atoms. The van der Waals surface area contributed by atoms with Crippen molar-refractivity contribution >= 4 is 5.97 Å². The van der Waals surface area contributed by atoms with Crippen LogP contribution in [0.3, 0.4) is 0 Å². The van der Waals surface area contributed by atoms with Crippen molar-refractivity contribution in [2.45, 2.75) is 19.8 Å². The highest BCUT2D eigenvalue weighted by Gasteiger charge is 1.80. The molecule has 0 rings (SSSR count). The van der Waals surface area contributed by atoms with E-state index in [9.17, 15) is 4.79 Å². The molecule has 0 radical (unpaired) electrons. The van der Waals surface area contributed by atoms with E-state index in [-0.39, 0.29) is 0 Å². The molecule has 0 unspecified atom stereocenters. The molecule has 0 heterocycles. The topological polar surface area (TPSA) is 37.3 Å². The van der Waals surface area contributed by atoms with Crippen molar-refractivity contribution in [2.75, 3.05) is 0 Å². The normalized spacial score (nSPS) is 13.1. The van der Waals surface area contributed by atoms with Crippen molar-refractivity contribution < 1.29 is 9.90 Å². The van der Waals surface area contributed by atoms with Crippen molar-refractivity contribution in [1.29, 1.82) is 0 Å². The summed E-state index contributed by atoms with van der Waals surface area (Å²) < 4.78 is 0. The smallest absolute Gasteiger partial charge is 0.328 e. The maximum Gasteiger partial charge on any atom is 0.328 e. The Kier molecular flexibility index (Phi) is 9.96. The molecule has 0 aromatic carbocycles. The van der Waals surface area contributed by atoms with E-state index in [4.69, 9.17) is 5.11 Å². The molecule has 0 aliphatic heterocycles. The maximum atomic E-state index is 10.1. The third-order valence-corrected chi connectivity index (χ3v) is 1.65. The van der Waals surface area contributed by atoms with Gasteiger partial charge >= 0.3 is 5.97 Å². The van der Waals surface area contributed by atoms with E-state index in [0.29, 0.717) is 0 Å². The quantitative estimate of drug-likeness (QED) is 0.402.